The molecule has 0 aromatic heterocycles. The molecule has 1 atom stereocenters. The largest absolute Gasteiger partial charge is 0.352 e. The Labute approximate surface area is 244 Å². The van der Waals surface area contributed by atoms with E-state index in [0.717, 1.165) is 59.8 Å². The zero-order chi connectivity index (χ0) is 29.6. The lowest BCUT2D eigenvalue weighted by Gasteiger charge is -2.34. The van der Waals surface area contributed by atoms with E-state index >= 15 is 0 Å². The van der Waals surface area contributed by atoms with Crippen LogP contribution in [0.2, 0.25) is 0 Å². The molecule has 218 valence electrons. The first-order valence-electron chi connectivity index (χ1n) is 14.3. The van der Waals surface area contributed by atoms with E-state index in [-0.39, 0.29) is 18.5 Å². The summed E-state index contributed by atoms with van der Waals surface area (Å²) in [4.78, 5) is 29.8. The lowest BCUT2D eigenvalue weighted by atomic mass is 10.0. The molecule has 0 spiro atoms. The molecule has 1 saturated carbocycles. The van der Waals surface area contributed by atoms with Crippen LogP contribution in [-0.4, -0.2) is 50.0 Å². The quantitative estimate of drug-likeness (QED) is 0.346. The molecule has 4 rings (SSSR count). The molecule has 7 nitrogen and oxygen atoms in total. The highest BCUT2D eigenvalue weighted by atomic mass is 32.2. The van der Waals surface area contributed by atoms with Gasteiger partial charge in [-0.05, 0) is 55.9 Å². The van der Waals surface area contributed by atoms with Gasteiger partial charge in [0.2, 0.25) is 21.8 Å². The van der Waals surface area contributed by atoms with Crippen molar-refractivity contribution >= 4 is 27.5 Å². The standard InChI is InChI=1S/C33H41N3O4S/c1-24-12-10-17-28(20-24)22-35(31(37)23-36(41(4,39)40)32-25(2)13-11-14-26(32)3)30(21-27-15-6-5-7-16-27)33(38)34-29-18-8-9-19-29/h5-7,10-17,20,29-30H,8-9,18-19,21-23H2,1-4H3,(H,34,38)/t30-/m0/s1. The van der Waals surface area contributed by atoms with Crippen LogP contribution in [0.4, 0.5) is 5.69 Å². The highest BCUT2D eigenvalue weighted by Gasteiger charge is 2.34. The third kappa shape index (κ3) is 7.97. The van der Waals surface area contributed by atoms with Gasteiger partial charge in [-0.3, -0.25) is 13.9 Å². The Hall–Kier alpha value is -3.65. The normalized spacial score (nSPS) is 14.4. The lowest BCUT2D eigenvalue weighted by molar-refractivity contribution is -0.140. The van der Waals surface area contributed by atoms with Crippen molar-refractivity contribution in [1.29, 1.82) is 0 Å². The summed E-state index contributed by atoms with van der Waals surface area (Å²) in [6.45, 7) is 5.43. The van der Waals surface area contributed by atoms with Gasteiger partial charge in [0.1, 0.15) is 12.6 Å². The molecule has 1 aliphatic rings. The van der Waals surface area contributed by atoms with Gasteiger partial charge in [-0.1, -0.05) is 91.2 Å². The Balaban J connectivity index is 1.75. The highest BCUT2D eigenvalue weighted by molar-refractivity contribution is 7.92. The molecule has 3 aromatic carbocycles. The number of amides is 2. The van der Waals surface area contributed by atoms with E-state index in [1.807, 2.05) is 93.6 Å². The van der Waals surface area contributed by atoms with Crippen molar-refractivity contribution in [2.24, 2.45) is 0 Å². The smallest absolute Gasteiger partial charge is 0.244 e. The van der Waals surface area contributed by atoms with Crippen LogP contribution in [0.25, 0.3) is 0 Å². The molecule has 3 aromatic rings. The Morgan fingerprint density at radius 2 is 1.49 bits per heavy atom. The third-order valence-electron chi connectivity index (χ3n) is 7.78. The lowest BCUT2D eigenvalue weighted by Crippen LogP contribution is -2.54. The zero-order valence-electron chi connectivity index (χ0n) is 24.5. The number of para-hydroxylation sites is 1. The van der Waals surface area contributed by atoms with Gasteiger partial charge in [-0.15, -0.1) is 0 Å². The van der Waals surface area contributed by atoms with Crippen LogP contribution in [-0.2, 0) is 32.6 Å². The summed E-state index contributed by atoms with van der Waals surface area (Å²) in [5.74, 6) is -0.637. The van der Waals surface area contributed by atoms with E-state index in [1.165, 1.54) is 4.31 Å². The number of carbonyl (C=O) groups excluding carboxylic acids is 2. The molecule has 2 amide bonds. The maximum atomic E-state index is 14.3. The van der Waals surface area contributed by atoms with E-state index in [9.17, 15) is 18.0 Å². The van der Waals surface area contributed by atoms with E-state index in [1.54, 1.807) is 4.90 Å². The number of hydrogen-bond acceptors (Lipinski definition) is 4. The molecule has 8 heteroatoms. The van der Waals surface area contributed by atoms with Gasteiger partial charge in [0.15, 0.2) is 0 Å². The van der Waals surface area contributed by atoms with Crippen LogP contribution < -0.4 is 9.62 Å². The van der Waals surface area contributed by atoms with Gasteiger partial charge in [0.25, 0.3) is 0 Å². The van der Waals surface area contributed by atoms with Gasteiger partial charge in [-0.25, -0.2) is 8.42 Å². The van der Waals surface area contributed by atoms with Crippen LogP contribution in [0.15, 0.2) is 72.8 Å². The number of nitrogens with one attached hydrogen (secondary N) is 1. The fourth-order valence-electron chi connectivity index (χ4n) is 5.70. The topological polar surface area (TPSA) is 86.8 Å². The number of hydrogen-bond donors (Lipinski definition) is 1. The molecule has 0 bridgehead atoms. The predicted octanol–water partition coefficient (Wildman–Crippen LogP) is 5.08. The first-order chi connectivity index (χ1) is 19.5. The number of rotatable bonds is 11. The number of anilines is 1. The fourth-order valence-corrected chi connectivity index (χ4v) is 6.67. The predicted molar refractivity (Wildman–Crippen MR) is 164 cm³/mol. The Morgan fingerprint density at radius 3 is 2.10 bits per heavy atom. The molecule has 1 N–H and O–H groups in total. The van der Waals surface area contributed by atoms with Gasteiger partial charge in [-0.2, -0.15) is 0 Å². The van der Waals surface area contributed by atoms with Crippen LogP contribution in [0.1, 0.15) is 53.5 Å². The molecular formula is C33H41N3O4S. The highest BCUT2D eigenvalue weighted by Crippen LogP contribution is 2.28. The van der Waals surface area contributed by atoms with Gasteiger partial charge < -0.3 is 10.2 Å². The van der Waals surface area contributed by atoms with Crippen molar-refractivity contribution < 1.29 is 18.0 Å². The maximum Gasteiger partial charge on any atom is 0.244 e. The number of sulfonamides is 1. The van der Waals surface area contributed by atoms with E-state index < -0.39 is 28.5 Å². The summed E-state index contributed by atoms with van der Waals surface area (Å²) in [6.07, 6.45) is 5.41. The van der Waals surface area contributed by atoms with E-state index in [0.29, 0.717) is 12.1 Å². The Bertz CT molecular complexity index is 1450. The van der Waals surface area contributed by atoms with Crippen molar-refractivity contribution in [3.63, 3.8) is 0 Å². The first-order valence-corrected chi connectivity index (χ1v) is 16.1. The molecule has 0 aliphatic heterocycles. The SMILES string of the molecule is Cc1cccc(CN(C(=O)CN(c2c(C)cccc2C)S(C)(=O)=O)[C@@H](Cc2ccccc2)C(=O)NC2CCCC2)c1. The molecule has 0 heterocycles. The van der Waals surface area contributed by atoms with Crippen molar-refractivity contribution in [3.05, 3.63) is 101 Å². The molecular weight excluding hydrogens is 534 g/mol. The summed E-state index contributed by atoms with van der Waals surface area (Å²) >= 11 is 0. The molecule has 41 heavy (non-hydrogen) atoms. The molecule has 0 saturated heterocycles. The second-order valence-electron chi connectivity index (χ2n) is 11.2. The zero-order valence-corrected chi connectivity index (χ0v) is 25.3. The molecule has 1 aliphatic carbocycles. The summed E-state index contributed by atoms with van der Waals surface area (Å²) in [5.41, 5.74) is 4.85. The maximum absolute atomic E-state index is 14.3. The minimum atomic E-state index is -3.81. The Morgan fingerprint density at radius 1 is 0.878 bits per heavy atom. The Kier molecular flexibility index (Phi) is 9.86. The summed E-state index contributed by atoms with van der Waals surface area (Å²) in [5, 5.41) is 3.20. The minimum Gasteiger partial charge on any atom is -0.352 e. The van der Waals surface area contributed by atoms with Crippen molar-refractivity contribution in [1.82, 2.24) is 10.2 Å². The second kappa shape index (κ2) is 13.3. The number of aryl methyl sites for hydroxylation is 3. The minimum absolute atomic E-state index is 0.0823. The van der Waals surface area contributed by atoms with Crippen molar-refractivity contribution in [2.45, 2.75) is 71.5 Å². The fraction of sp³-hybridized carbons (Fsp3) is 0.394. The van der Waals surface area contributed by atoms with Crippen LogP contribution in [0, 0.1) is 20.8 Å². The summed E-state index contributed by atoms with van der Waals surface area (Å²) < 4.78 is 27.4. The van der Waals surface area contributed by atoms with Gasteiger partial charge >= 0.3 is 0 Å². The molecule has 1 fully saturated rings. The molecule has 0 unspecified atom stereocenters. The van der Waals surface area contributed by atoms with Gasteiger partial charge in [0, 0.05) is 19.0 Å². The monoisotopic (exact) mass is 575 g/mol. The van der Waals surface area contributed by atoms with E-state index in [4.69, 9.17) is 0 Å². The number of carbonyl (C=O) groups is 2. The first kappa shape index (κ1) is 30.3. The summed E-state index contributed by atoms with van der Waals surface area (Å²) in [6, 6.07) is 22.3. The van der Waals surface area contributed by atoms with Crippen LogP contribution >= 0.6 is 0 Å². The van der Waals surface area contributed by atoms with Crippen molar-refractivity contribution in [2.75, 3.05) is 17.1 Å². The number of benzene rings is 3. The third-order valence-corrected chi connectivity index (χ3v) is 8.89. The second-order valence-corrected chi connectivity index (χ2v) is 13.1. The van der Waals surface area contributed by atoms with Gasteiger partial charge in [0.05, 0.1) is 11.9 Å². The van der Waals surface area contributed by atoms with Crippen molar-refractivity contribution in [3.8, 4) is 0 Å². The number of nitrogens with zero attached hydrogens (tertiary/aromatic N) is 2. The van der Waals surface area contributed by atoms with Crippen LogP contribution in [0.5, 0.6) is 0 Å². The summed E-state index contributed by atoms with van der Waals surface area (Å²) in [7, 11) is -3.81. The average Bonchev–Trinajstić information content (AvgIpc) is 3.43. The average molecular weight is 576 g/mol. The molecule has 0 radical (unpaired) electrons. The van der Waals surface area contributed by atoms with Crippen LogP contribution in [0.3, 0.4) is 0 Å². The van der Waals surface area contributed by atoms with E-state index in [2.05, 4.69) is 5.32 Å².